The van der Waals surface area contributed by atoms with E-state index in [1.807, 2.05) is 17.9 Å². The Bertz CT molecular complexity index is 788. The lowest BCUT2D eigenvalue weighted by molar-refractivity contribution is -0.0246. The molecule has 0 spiro atoms. The van der Waals surface area contributed by atoms with Crippen LogP contribution in [0, 0.1) is 0 Å². The minimum Gasteiger partial charge on any atom is -0.453 e. The summed E-state index contributed by atoms with van der Waals surface area (Å²) in [6, 6.07) is 1.32. The maximum absolute atomic E-state index is 12.2. The molecular formula is C19H32N4O5S. The van der Waals surface area contributed by atoms with Gasteiger partial charge in [0.05, 0.1) is 37.8 Å². The van der Waals surface area contributed by atoms with Crippen molar-refractivity contribution in [3.8, 4) is 0 Å². The molecule has 1 aliphatic carbocycles. The van der Waals surface area contributed by atoms with Crippen molar-refractivity contribution >= 4 is 16.1 Å². The Labute approximate surface area is 172 Å². The molecule has 29 heavy (non-hydrogen) atoms. The molecule has 1 aromatic rings. The number of nitrogens with zero attached hydrogens (tertiary/aromatic N) is 3. The van der Waals surface area contributed by atoms with Crippen LogP contribution in [0.5, 0.6) is 0 Å². The average Bonchev–Trinajstić information content (AvgIpc) is 3.11. The lowest BCUT2D eigenvalue weighted by atomic mass is 9.85. The van der Waals surface area contributed by atoms with Crippen LogP contribution < -0.4 is 4.72 Å². The summed E-state index contributed by atoms with van der Waals surface area (Å²) >= 11 is 0. The molecule has 1 saturated carbocycles. The number of methoxy groups -OCH3 is 1. The summed E-state index contributed by atoms with van der Waals surface area (Å²) < 4.78 is 39.1. The molecule has 10 heteroatoms. The van der Waals surface area contributed by atoms with E-state index in [0.29, 0.717) is 31.9 Å². The van der Waals surface area contributed by atoms with Gasteiger partial charge >= 0.3 is 6.09 Å². The lowest BCUT2D eigenvalue weighted by Gasteiger charge is -2.41. The van der Waals surface area contributed by atoms with Gasteiger partial charge in [-0.2, -0.15) is 5.10 Å². The van der Waals surface area contributed by atoms with E-state index in [4.69, 9.17) is 9.47 Å². The number of amides is 1. The highest BCUT2D eigenvalue weighted by Crippen LogP contribution is 2.33. The summed E-state index contributed by atoms with van der Waals surface area (Å²) in [4.78, 5) is 13.8. The molecule has 0 aromatic carbocycles. The van der Waals surface area contributed by atoms with Crippen molar-refractivity contribution in [2.45, 2.75) is 62.6 Å². The Kier molecular flexibility index (Phi) is 7.18. The van der Waals surface area contributed by atoms with Crippen LogP contribution in [0.3, 0.4) is 0 Å². The molecule has 1 saturated heterocycles. The molecule has 9 nitrogen and oxygen atoms in total. The molecule has 1 aromatic heterocycles. The molecule has 2 aliphatic rings. The van der Waals surface area contributed by atoms with E-state index in [1.165, 1.54) is 7.11 Å². The van der Waals surface area contributed by atoms with Gasteiger partial charge in [0.25, 0.3) is 0 Å². The van der Waals surface area contributed by atoms with E-state index in [0.717, 1.165) is 37.6 Å². The minimum atomic E-state index is -3.38. The van der Waals surface area contributed by atoms with Crippen molar-refractivity contribution in [1.82, 2.24) is 19.4 Å². The molecule has 3 rings (SSSR count). The second-order valence-corrected chi connectivity index (χ2v) is 9.87. The summed E-state index contributed by atoms with van der Waals surface area (Å²) in [7, 11) is -0.118. The largest absolute Gasteiger partial charge is 0.453 e. The van der Waals surface area contributed by atoms with Gasteiger partial charge in [-0.15, -0.1) is 0 Å². The topological polar surface area (TPSA) is 103 Å². The predicted molar refractivity (Wildman–Crippen MR) is 108 cm³/mol. The monoisotopic (exact) mass is 428 g/mol. The van der Waals surface area contributed by atoms with E-state index >= 15 is 0 Å². The Hall–Kier alpha value is -1.65. The van der Waals surface area contributed by atoms with Gasteiger partial charge in [0.15, 0.2) is 0 Å². The molecule has 1 amide bonds. The molecule has 1 aliphatic heterocycles. The van der Waals surface area contributed by atoms with Crippen LogP contribution in [0.25, 0.3) is 0 Å². The number of nitrogens with one attached hydrogen (secondary N) is 1. The Balaban J connectivity index is 1.58. The van der Waals surface area contributed by atoms with Gasteiger partial charge in [-0.3, -0.25) is 4.68 Å². The molecule has 0 bridgehead atoms. The van der Waals surface area contributed by atoms with E-state index < -0.39 is 16.1 Å². The first kappa shape index (κ1) is 22.0. The fourth-order valence-corrected chi connectivity index (χ4v) is 5.26. The summed E-state index contributed by atoms with van der Waals surface area (Å²) in [5, 5.41) is 4.51. The van der Waals surface area contributed by atoms with Gasteiger partial charge in [0.1, 0.15) is 0 Å². The third-order valence-corrected chi connectivity index (χ3v) is 6.61. The van der Waals surface area contributed by atoms with Crippen LogP contribution in [-0.2, 0) is 26.5 Å². The van der Waals surface area contributed by atoms with E-state index in [1.54, 1.807) is 4.90 Å². The molecule has 2 fully saturated rings. The average molecular weight is 429 g/mol. The van der Waals surface area contributed by atoms with Crippen molar-refractivity contribution in [2.75, 3.05) is 26.5 Å². The second-order valence-electron chi connectivity index (χ2n) is 8.09. The Morgan fingerprint density at radius 1 is 1.28 bits per heavy atom. The molecule has 2 atom stereocenters. The van der Waals surface area contributed by atoms with Crippen LogP contribution in [0.4, 0.5) is 4.79 Å². The van der Waals surface area contributed by atoms with Crippen molar-refractivity contribution in [1.29, 1.82) is 0 Å². The number of aromatic nitrogens is 2. The number of rotatable bonds is 6. The number of aryl methyl sites for hydroxylation is 1. The molecule has 0 radical (unpaired) electrons. The van der Waals surface area contributed by atoms with Crippen LogP contribution in [0.2, 0.25) is 0 Å². The molecule has 164 valence electrons. The quantitative estimate of drug-likeness (QED) is 0.738. The van der Waals surface area contributed by atoms with Gasteiger partial charge in [-0.25, -0.2) is 17.9 Å². The van der Waals surface area contributed by atoms with Gasteiger partial charge in [0, 0.05) is 31.7 Å². The highest BCUT2D eigenvalue weighted by Gasteiger charge is 2.37. The number of ether oxygens (including phenoxy) is 2. The van der Waals surface area contributed by atoms with Crippen molar-refractivity contribution in [2.24, 2.45) is 7.05 Å². The zero-order valence-corrected chi connectivity index (χ0v) is 18.2. The zero-order valence-electron chi connectivity index (χ0n) is 17.4. The van der Waals surface area contributed by atoms with Crippen molar-refractivity contribution in [3.63, 3.8) is 0 Å². The standard InChI is InChI=1S/C19H32N4O5S/c1-22-12-10-16(20-22)14-6-8-15(9-7-14)28-13-18-17(21-29(3,25)26)5-4-11-23(18)19(24)27-2/h10,12,14-15,17-18,21H,4-9,11,13H2,1-3H3/t14-,15+,17-,18-/m0/s1. The molecule has 1 N–H and O–H groups in total. The number of carbonyl (C=O) groups excluding carboxylic acids is 1. The number of sulfonamides is 1. The maximum atomic E-state index is 12.2. The fourth-order valence-electron chi connectivity index (χ4n) is 4.43. The molecule has 0 unspecified atom stereocenters. The third-order valence-electron chi connectivity index (χ3n) is 5.88. The van der Waals surface area contributed by atoms with E-state index in [-0.39, 0.29) is 18.2 Å². The predicted octanol–water partition coefficient (Wildman–Crippen LogP) is 1.61. The van der Waals surface area contributed by atoms with Crippen LogP contribution in [-0.4, -0.2) is 73.9 Å². The van der Waals surface area contributed by atoms with Gasteiger partial charge in [0.2, 0.25) is 10.0 Å². The summed E-state index contributed by atoms with van der Waals surface area (Å²) in [6.07, 6.45) is 8.03. The summed E-state index contributed by atoms with van der Waals surface area (Å²) in [6.45, 7) is 0.830. The van der Waals surface area contributed by atoms with Crippen molar-refractivity contribution < 1.29 is 22.7 Å². The van der Waals surface area contributed by atoms with Gasteiger partial charge in [-0.05, 0) is 44.6 Å². The fraction of sp³-hybridized carbons (Fsp3) is 0.789. The smallest absolute Gasteiger partial charge is 0.409 e. The third kappa shape index (κ3) is 5.93. The summed E-state index contributed by atoms with van der Waals surface area (Å²) in [5.74, 6) is 0.456. The number of hydrogen-bond acceptors (Lipinski definition) is 6. The minimum absolute atomic E-state index is 0.107. The number of likely N-dealkylation sites (tertiary alicyclic amines) is 1. The lowest BCUT2D eigenvalue weighted by Crippen LogP contribution is -2.59. The van der Waals surface area contributed by atoms with Crippen LogP contribution >= 0.6 is 0 Å². The molecular weight excluding hydrogens is 396 g/mol. The highest BCUT2D eigenvalue weighted by atomic mass is 32.2. The number of carbonyl (C=O) groups is 1. The first-order valence-electron chi connectivity index (χ1n) is 10.2. The van der Waals surface area contributed by atoms with Crippen molar-refractivity contribution in [3.05, 3.63) is 18.0 Å². The first-order valence-corrected chi connectivity index (χ1v) is 12.1. The second kappa shape index (κ2) is 9.44. The SMILES string of the molecule is COC(=O)N1CCC[C@H](NS(C)(=O)=O)[C@@H]1CO[C@H]1CC[C@@H](c2ccn(C)n2)CC1. The number of hydrogen-bond donors (Lipinski definition) is 1. The van der Waals surface area contributed by atoms with Crippen LogP contribution in [0.15, 0.2) is 12.3 Å². The van der Waals surface area contributed by atoms with Crippen LogP contribution in [0.1, 0.15) is 50.1 Å². The number of piperidine rings is 1. The zero-order chi connectivity index (χ0) is 21.0. The highest BCUT2D eigenvalue weighted by molar-refractivity contribution is 7.88. The first-order chi connectivity index (χ1) is 13.8. The maximum Gasteiger partial charge on any atom is 0.409 e. The van der Waals surface area contributed by atoms with Gasteiger partial charge in [-0.1, -0.05) is 0 Å². The normalized spacial score (nSPS) is 28.3. The Morgan fingerprint density at radius 3 is 2.59 bits per heavy atom. The Morgan fingerprint density at radius 2 is 2.00 bits per heavy atom. The van der Waals surface area contributed by atoms with E-state index in [2.05, 4.69) is 15.9 Å². The summed E-state index contributed by atoms with van der Waals surface area (Å²) in [5.41, 5.74) is 1.13. The molecule has 2 heterocycles. The van der Waals surface area contributed by atoms with E-state index in [9.17, 15) is 13.2 Å². The van der Waals surface area contributed by atoms with Gasteiger partial charge < -0.3 is 14.4 Å².